The Morgan fingerprint density at radius 1 is 0.857 bits per heavy atom. The van der Waals surface area contributed by atoms with Crippen LogP contribution in [-0.2, 0) is 24.1 Å². The summed E-state index contributed by atoms with van der Waals surface area (Å²) < 4.78 is 11.8. The molecule has 2 N–H and O–H groups in total. The number of carboxylic acid groups (broad SMARTS) is 1. The summed E-state index contributed by atoms with van der Waals surface area (Å²) in [5.74, 6) is 0.149. The number of amides is 2. The van der Waals surface area contributed by atoms with Gasteiger partial charge < -0.3 is 19.9 Å². The first-order valence-corrected chi connectivity index (χ1v) is 14.3. The number of ether oxygens (including phenoxy) is 2. The summed E-state index contributed by atoms with van der Waals surface area (Å²) >= 11 is 0. The number of aliphatic carboxylic acids is 1. The summed E-state index contributed by atoms with van der Waals surface area (Å²) in [6, 6.07) is 31.9. The summed E-state index contributed by atoms with van der Waals surface area (Å²) in [4.78, 5) is 27.1. The van der Waals surface area contributed by atoms with Crippen molar-refractivity contribution in [2.45, 2.75) is 44.6 Å². The third kappa shape index (κ3) is 7.29. The van der Waals surface area contributed by atoms with Crippen LogP contribution in [0, 0.1) is 0 Å². The molecule has 0 heterocycles. The Morgan fingerprint density at radius 2 is 1.55 bits per heavy atom. The standard InChI is InChI=1S/C35H36N2O5/c1-35(33(38)39,42-32-14-6-3-7-15-32)25-26-16-20-31(21-17-26)41-23-9-22-37(30-12-4-2-5-13-30)34(40)36-29-19-18-27-10-8-11-28(27)24-29/h2-7,12-21,24H,8-11,22-23,25H2,1H3,(H,36,40)(H,38,39)/t35-/m0/s1. The zero-order valence-corrected chi connectivity index (χ0v) is 23.8. The fraction of sp³-hybridized carbons (Fsp3) is 0.257. The van der Waals surface area contributed by atoms with E-state index in [1.165, 1.54) is 11.1 Å². The number of carboxylic acids is 1. The highest BCUT2D eigenvalue weighted by molar-refractivity contribution is 6.01. The van der Waals surface area contributed by atoms with Crippen LogP contribution in [0.1, 0.15) is 36.5 Å². The molecule has 1 aliphatic carbocycles. The summed E-state index contributed by atoms with van der Waals surface area (Å²) in [6.45, 7) is 2.47. The molecule has 0 aliphatic heterocycles. The van der Waals surface area contributed by atoms with Crippen LogP contribution in [0.5, 0.6) is 11.5 Å². The van der Waals surface area contributed by atoms with E-state index in [0.717, 1.165) is 36.2 Å². The molecule has 2 amide bonds. The molecule has 0 bridgehead atoms. The van der Waals surface area contributed by atoms with Crippen molar-refractivity contribution in [2.75, 3.05) is 23.4 Å². The van der Waals surface area contributed by atoms with Crippen molar-refractivity contribution in [3.8, 4) is 11.5 Å². The second kappa shape index (κ2) is 13.3. The number of hydrogen-bond donors (Lipinski definition) is 2. The summed E-state index contributed by atoms with van der Waals surface area (Å²) in [7, 11) is 0. The van der Waals surface area contributed by atoms with Gasteiger partial charge in [-0.05, 0) is 97.8 Å². The Labute approximate surface area is 246 Å². The van der Waals surface area contributed by atoms with E-state index >= 15 is 0 Å². The van der Waals surface area contributed by atoms with Crippen molar-refractivity contribution in [2.24, 2.45) is 0 Å². The molecule has 1 atom stereocenters. The SMILES string of the molecule is C[C@@](Cc1ccc(OCCCN(C(=O)Nc2ccc3c(c2)CCC3)c2ccccc2)cc1)(Oc1ccccc1)C(=O)O. The maximum atomic E-state index is 13.3. The largest absolute Gasteiger partial charge is 0.494 e. The van der Waals surface area contributed by atoms with Gasteiger partial charge in [-0.25, -0.2) is 9.59 Å². The number of anilines is 2. The summed E-state index contributed by atoms with van der Waals surface area (Å²) in [6.07, 6.45) is 4.14. The molecule has 0 unspecified atom stereocenters. The lowest BCUT2D eigenvalue weighted by Gasteiger charge is -2.26. The molecule has 0 saturated heterocycles. The third-order valence-corrected chi connectivity index (χ3v) is 7.46. The first-order valence-electron chi connectivity index (χ1n) is 14.3. The van der Waals surface area contributed by atoms with Gasteiger partial charge in [-0.2, -0.15) is 0 Å². The zero-order chi connectivity index (χ0) is 29.4. The number of carbonyl (C=O) groups is 2. The summed E-state index contributed by atoms with van der Waals surface area (Å²) in [5.41, 5.74) is 3.72. The summed E-state index contributed by atoms with van der Waals surface area (Å²) in [5, 5.41) is 12.9. The highest BCUT2D eigenvalue weighted by Crippen LogP contribution is 2.26. The number of para-hydroxylation sites is 2. The Hall–Kier alpha value is -4.78. The van der Waals surface area contributed by atoms with Gasteiger partial charge in [-0.15, -0.1) is 0 Å². The second-order valence-corrected chi connectivity index (χ2v) is 10.7. The van der Waals surface area contributed by atoms with E-state index in [1.54, 1.807) is 24.0 Å². The van der Waals surface area contributed by atoms with Gasteiger partial charge in [0.15, 0.2) is 0 Å². The molecule has 0 spiro atoms. The molecule has 4 aromatic rings. The molecule has 5 rings (SSSR count). The van der Waals surface area contributed by atoms with Crippen LogP contribution >= 0.6 is 0 Å². The predicted octanol–water partition coefficient (Wildman–Crippen LogP) is 7.15. The predicted molar refractivity (Wildman–Crippen MR) is 165 cm³/mol. The maximum Gasteiger partial charge on any atom is 0.348 e. The van der Waals surface area contributed by atoms with E-state index in [0.29, 0.717) is 31.1 Å². The number of nitrogens with one attached hydrogen (secondary N) is 1. The minimum atomic E-state index is -1.41. The third-order valence-electron chi connectivity index (χ3n) is 7.46. The van der Waals surface area contributed by atoms with Crippen LogP contribution in [0.25, 0.3) is 0 Å². The van der Waals surface area contributed by atoms with Gasteiger partial charge in [-0.1, -0.05) is 54.6 Å². The molecule has 0 aromatic heterocycles. The number of fused-ring (bicyclic) bond motifs is 1. The Bertz CT molecular complexity index is 1490. The van der Waals surface area contributed by atoms with Gasteiger partial charge in [0, 0.05) is 24.3 Å². The molecule has 1 aliphatic rings. The van der Waals surface area contributed by atoms with Gasteiger partial charge in [0.1, 0.15) is 11.5 Å². The van der Waals surface area contributed by atoms with Crippen LogP contribution in [0.3, 0.4) is 0 Å². The highest BCUT2D eigenvalue weighted by atomic mass is 16.5. The molecule has 4 aromatic carbocycles. The highest BCUT2D eigenvalue weighted by Gasteiger charge is 2.36. The average molecular weight is 565 g/mol. The number of nitrogens with zero attached hydrogens (tertiary/aromatic N) is 1. The van der Waals surface area contributed by atoms with Crippen molar-refractivity contribution >= 4 is 23.4 Å². The maximum absolute atomic E-state index is 13.3. The number of hydrogen-bond acceptors (Lipinski definition) is 4. The Balaban J connectivity index is 1.16. The van der Waals surface area contributed by atoms with Gasteiger partial charge in [0.05, 0.1) is 6.61 Å². The number of aryl methyl sites for hydroxylation is 2. The van der Waals surface area contributed by atoms with E-state index in [9.17, 15) is 14.7 Å². The monoisotopic (exact) mass is 564 g/mol. The van der Waals surface area contributed by atoms with Crippen molar-refractivity contribution in [1.82, 2.24) is 0 Å². The van der Waals surface area contributed by atoms with Crippen molar-refractivity contribution in [3.05, 3.63) is 120 Å². The quantitative estimate of drug-likeness (QED) is 0.179. The van der Waals surface area contributed by atoms with E-state index in [2.05, 4.69) is 17.4 Å². The molecule has 0 fully saturated rings. The van der Waals surface area contributed by atoms with Crippen LogP contribution < -0.4 is 19.7 Å². The van der Waals surface area contributed by atoms with Crippen LogP contribution in [-0.4, -0.2) is 35.9 Å². The fourth-order valence-electron chi connectivity index (χ4n) is 5.21. The lowest BCUT2D eigenvalue weighted by Crippen LogP contribution is -2.43. The lowest BCUT2D eigenvalue weighted by atomic mass is 9.96. The molecule has 7 nitrogen and oxygen atoms in total. The molecular formula is C35H36N2O5. The Kier molecular flexibility index (Phi) is 9.07. The molecule has 0 saturated carbocycles. The molecule has 216 valence electrons. The number of carbonyl (C=O) groups excluding carboxylic acids is 1. The molecular weight excluding hydrogens is 528 g/mol. The van der Waals surface area contributed by atoms with Gasteiger partial charge in [0.2, 0.25) is 5.60 Å². The van der Waals surface area contributed by atoms with Crippen LogP contribution in [0.4, 0.5) is 16.2 Å². The Morgan fingerprint density at radius 3 is 2.26 bits per heavy atom. The van der Waals surface area contributed by atoms with E-state index in [4.69, 9.17) is 9.47 Å². The first-order chi connectivity index (χ1) is 20.4. The minimum Gasteiger partial charge on any atom is -0.494 e. The van der Waals surface area contributed by atoms with E-state index < -0.39 is 11.6 Å². The molecule has 7 heteroatoms. The van der Waals surface area contributed by atoms with Gasteiger partial charge >= 0.3 is 12.0 Å². The van der Waals surface area contributed by atoms with Crippen molar-refractivity contribution < 1.29 is 24.2 Å². The molecule has 0 radical (unpaired) electrons. The minimum absolute atomic E-state index is 0.178. The van der Waals surface area contributed by atoms with Crippen molar-refractivity contribution in [3.63, 3.8) is 0 Å². The van der Waals surface area contributed by atoms with Crippen LogP contribution in [0.2, 0.25) is 0 Å². The normalized spacial score (nSPS) is 13.5. The first kappa shape index (κ1) is 28.7. The number of rotatable bonds is 12. The fourth-order valence-corrected chi connectivity index (χ4v) is 5.21. The number of urea groups is 1. The van der Waals surface area contributed by atoms with E-state index in [-0.39, 0.29) is 12.5 Å². The van der Waals surface area contributed by atoms with Crippen LogP contribution in [0.15, 0.2) is 103 Å². The number of benzene rings is 4. The lowest BCUT2D eigenvalue weighted by molar-refractivity contribution is -0.153. The second-order valence-electron chi connectivity index (χ2n) is 10.7. The zero-order valence-electron chi connectivity index (χ0n) is 23.8. The van der Waals surface area contributed by atoms with Gasteiger partial charge in [-0.3, -0.25) is 4.90 Å². The van der Waals surface area contributed by atoms with Gasteiger partial charge in [0.25, 0.3) is 0 Å². The molecule has 42 heavy (non-hydrogen) atoms. The smallest absolute Gasteiger partial charge is 0.348 e. The topological polar surface area (TPSA) is 88.1 Å². The van der Waals surface area contributed by atoms with Crippen molar-refractivity contribution in [1.29, 1.82) is 0 Å². The average Bonchev–Trinajstić information content (AvgIpc) is 3.47. The van der Waals surface area contributed by atoms with E-state index in [1.807, 2.05) is 78.9 Å².